The van der Waals surface area contributed by atoms with E-state index in [-0.39, 0.29) is 12.5 Å². The van der Waals surface area contributed by atoms with E-state index in [9.17, 15) is 4.79 Å². The molecule has 1 saturated heterocycles. The third-order valence-electron chi connectivity index (χ3n) is 3.60. The fourth-order valence-electron chi connectivity index (χ4n) is 2.28. The van der Waals surface area contributed by atoms with Gasteiger partial charge in [0.1, 0.15) is 0 Å². The van der Waals surface area contributed by atoms with E-state index in [1.165, 1.54) is 5.56 Å². The Morgan fingerprint density at radius 1 is 1.20 bits per heavy atom. The number of hydrogen-bond acceptors (Lipinski definition) is 3. The molecule has 0 saturated carbocycles. The summed E-state index contributed by atoms with van der Waals surface area (Å²) in [4.78, 5) is 16.1. The Morgan fingerprint density at radius 3 is 2.45 bits per heavy atom. The molecule has 1 fully saturated rings. The topological polar surface area (TPSA) is 43.8 Å². The van der Waals surface area contributed by atoms with Crippen molar-refractivity contribution in [2.75, 3.05) is 39.3 Å². The first-order valence-corrected chi connectivity index (χ1v) is 7.06. The van der Waals surface area contributed by atoms with Crippen molar-refractivity contribution in [2.45, 2.75) is 6.92 Å². The van der Waals surface area contributed by atoms with Crippen LogP contribution in [-0.4, -0.2) is 60.1 Å². The maximum absolute atomic E-state index is 12.1. The van der Waals surface area contributed by atoms with Crippen LogP contribution in [0.2, 0.25) is 0 Å². The van der Waals surface area contributed by atoms with Crippen molar-refractivity contribution in [1.29, 1.82) is 0 Å². The molecule has 108 valence electrons. The van der Waals surface area contributed by atoms with Crippen LogP contribution in [0.3, 0.4) is 0 Å². The Morgan fingerprint density at radius 2 is 1.85 bits per heavy atom. The van der Waals surface area contributed by atoms with Crippen LogP contribution in [-0.2, 0) is 4.79 Å². The highest BCUT2D eigenvalue weighted by molar-refractivity contribution is 5.91. The van der Waals surface area contributed by atoms with Crippen molar-refractivity contribution >= 4 is 12.0 Å². The molecule has 0 bridgehead atoms. The van der Waals surface area contributed by atoms with E-state index in [4.69, 9.17) is 5.11 Å². The number of nitrogens with zero attached hydrogens (tertiary/aromatic N) is 2. The molecule has 2 rings (SSSR count). The SMILES string of the molecule is Cc1ccc(/C=C/C(=O)N2CCN(CCO)CC2)cc1. The zero-order chi connectivity index (χ0) is 14.4. The zero-order valence-electron chi connectivity index (χ0n) is 12.0. The van der Waals surface area contributed by atoms with E-state index >= 15 is 0 Å². The van der Waals surface area contributed by atoms with Crippen molar-refractivity contribution in [2.24, 2.45) is 0 Å². The number of aliphatic hydroxyl groups is 1. The first kappa shape index (κ1) is 14.8. The second-order valence-corrected chi connectivity index (χ2v) is 5.13. The molecular weight excluding hydrogens is 252 g/mol. The minimum absolute atomic E-state index is 0.0641. The fourth-order valence-corrected chi connectivity index (χ4v) is 2.28. The van der Waals surface area contributed by atoms with Crippen molar-refractivity contribution in [3.8, 4) is 0 Å². The second-order valence-electron chi connectivity index (χ2n) is 5.13. The van der Waals surface area contributed by atoms with E-state index in [0.29, 0.717) is 6.54 Å². The molecule has 0 spiro atoms. The second kappa shape index (κ2) is 7.22. The number of aliphatic hydroxyl groups excluding tert-OH is 1. The molecule has 1 aliphatic heterocycles. The largest absolute Gasteiger partial charge is 0.395 e. The highest BCUT2D eigenvalue weighted by atomic mass is 16.3. The quantitative estimate of drug-likeness (QED) is 0.838. The molecule has 0 radical (unpaired) electrons. The highest BCUT2D eigenvalue weighted by Gasteiger charge is 2.18. The maximum Gasteiger partial charge on any atom is 0.246 e. The number of carbonyl (C=O) groups excluding carboxylic acids is 1. The molecule has 0 aliphatic carbocycles. The summed E-state index contributed by atoms with van der Waals surface area (Å²) in [5.74, 6) is 0.0641. The van der Waals surface area contributed by atoms with Crippen molar-refractivity contribution < 1.29 is 9.90 Å². The average molecular weight is 274 g/mol. The maximum atomic E-state index is 12.1. The molecule has 0 atom stereocenters. The predicted octanol–water partition coefficient (Wildman–Crippen LogP) is 1.14. The van der Waals surface area contributed by atoms with Gasteiger partial charge < -0.3 is 10.0 Å². The molecule has 1 N–H and O–H groups in total. The Hall–Kier alpha value is -1.65. The first-order chi connectivity index (χ1) is 9.69. The van der Waals surface area contributed by atoms with E-state index in [1.807, 2.05) is 42.2 Å². The minimum Gasteiger partial charge on any atom is -0.395 e. The summed E-state index contributed by atoms with van der Waals surface area (Å²) >= 11 is 0. The van der Waals surface area contributed by atoms with Gasteiger partial charge in [0.2, 0.25) is 5.91 Å². The van der Waals surface area contributed by atoms with Crippen LogP contribution >= 0.6 is 0 Å². The van der Waals surface area contributed by atoms with Crippen LogP contribution in [0.1, 0.15) is 11.1 Å². The lowest BCUT2D eigenvalue weighted by molar-refractivity contribution is -0.127. The third-order valence-corrected chi connectivity index (χ3v) is 3.60. The number of amides is 1. The minimum atomic E-state index is 0.0641. The number of aryl methyl sites for hydroxylation is 1. The van der Waals surface area contributed by atoms with E-state index in [0.717, 1.165) is 31.7 Å². The van der Waals surface area contributed by atoms with E-state index in [2.05, 4.69) is 4.90 Å². The molecule has 1 heterocycles. The number of rotatable bonds is 4. The molecule has 4 heteroatoms. The summed E-state index contributed by atoms with van der Waals surface area (Å²) < 4.78 is 0. The van der Waals surface area contributed by atoms with E-state index in [1.54, 1.807) is 6.08 Å². The predicted molar refractivity (Wildman–Crippen MR) is 80.3 cm³/mol. The van der Waals surface area contributed by atoms with Crippen molar-refractivity contribution in [1.82, 2.24) is 9.80 Å². The number of β-amino-alcohol motifs (C(OH)–C–C–N with tert-alkyl or cyclic N) is 1. The molecule has 20 heavy (non-hydrogen) atoms. The molecular formula is C16H22N2O2. The van der Waals surface area contributed by atoms with Gasteiger partial charge in [-0.25, -0.2) is 0 Å². The van der Waals surface area contributed by atoms with Gasteiger partial charge in [-0.2, -0.15) is 0 Å². The smallest absolute Gasteiger partial charge is 0.246 e. The standard InChI is InChI=1S/C16H22N2O2/c1-14-2-4-15(5-3-14)6-7-16(20)18-10-8-17(9-11-18)12-13-19/h2-7,19H,8-13H2,1H3/b7-6+. The third kappa shape index (κ3) is 4.18. The molecule has 0 unspecified atom stereocenters. The van der Waals surface area contributed by atoms with E-state index < -0.39 is 0 Å². The molecule has 1 aromatic carbocycles. The number of piperazine rings is 1. The molecule has 1 aromatic rings. The van der Waals surface area contributed by atoms with Crippen LogP contribution in [0.4, 0.5) is 0 Å². The number of hydrogen-bond donors (Lipinski definition) is 1. The molecule has 1 amide bonds. The first-order valence-electron chi connectivity index (χ1n) is 7.06. The zero-order valence-corrected chi connectivity index (χ0v) is 12.0. The van der Waals surface area contributed by atoms with Gasteiger partial charge in [0.05, 0.1) is 6.61 Å². The summed E-state index contributed by atoms with van der Waals surface area (Å²) in [7, 11) is 0. The van der Waals surface area contributed by atoms with Crippen LogP contribution in [0.25, 0.3) is 6.08 Å². The lowest BCUT2D eigenvalue weighted by Gasteiger charge is -2.33. The summed E-state index contributed by atoms with van der Waals surface area (Å²) in [6.07, 6.45) is 3.51. The van der Waals surface area contributed by atoms with Gasteiger partial charge in [0, 0.05) is 38.8 Å². The molecule has 1 aliphatic rings. The Bertz CT molecular complexity index is 460. The van der Waals surface area contributed by atoms with Crippen molar-refractivity contribution in [3.63, 3.8) is 0 Å². The molecule has 0 aromatic heterocycles. The van der Waals surface area contributed by atoms with Gasteiger partial charge in [0.25, 0.3) is 0 Å². The average Bonchev–Trinajstić information content (AvgIpc) is 2.47. The normalized spacial score (nSPS) is 16.8. The van der Waals surface area contributed by atoms with Gasteiger partial charge in [-0.1, -0.05) is 29.8 Å². The summed E-state index contributed by atoms with van der Waals surface area (Å²) in [6.45, 7) is 6.07. The summed E-state index contributed by atoms with van der Waals surface area (Å²) in [6, 6.07) is 8.10. The number of benzene rings is 1. The lowest BCUT2D eigenvalue weighted by Crippen LogP contribution is -2.48. The van der Waals surface area contributed by atoms with Crippen LogP contribution in [0, 0.1) is 6.92 Å². The monoisotopic (exact) mass is 274 g/mol. The van der Waals surface area contributed by atoms with Gasteiger partial charge in [-0.05, 0) is 18.6 Å². The Labute approximate surface area is 120 Å². The summed E-state index contributed by atoms with van der Waals surface area (Å²) in [5, 5.41) is 8.89. The van der Waals surface area contributed by atoms with Crippen LogP contribution < -0.4 is 0 Å². The highest BCUT2D eigenvalue weighted by Crippen LogP contribution is 2.07. The van der Waals surface area contributed by atoms with Crippen LogP contribution in [0.5, 0.6) is 0 Å². The Balaban J connectivity index is 1.85. The lowest BCUT2D eigenvalue weighted by atomic mass is 10.1. The van der Waals surface area contributed by atoms with Crippen molar-refractivity contribution in [3.05, 3.63) is 41.5 Å². The molecule has 4 nitrogen and oxygen atoms in total. The number of carbonyl (C=O) groups is 1. The van der Waals surface area contributed by atoms with Gasteiger partial charge in [-0.15, -0.1) is 0 Å². The Kier molecular flexibility index (Phi) is 5.32. The van der Waals surface area contributed by atoms with Gasteiger partial charge >= 0.3 is 0 Å². The van der Waals surface area contributed by atoms with Gasteiger partial charge in [0.15, 0.2) is 0 Å². The van der Waals surface area contributed by atoms with Gasteiger partial charge in [-0.3, -0.25) is 9.69 Å². The summed E-state index contributed by atoms with van der Waals surface area (Å²) in [5.41, 5.74) is 2.26. The van der Waals surface area contributed by atoms with Crippen LogP contribution in [0.15, 0.2) is 30.3 Å². The fraction of sp³-hybridized carbons (Fsp3) is 0.438.